The van der Waals surface area contributed by atoms with Crippen LogP contribution in [0.2, 0.25) is 0 Å². The van der Waals surface area contributed by atoms with Crippen molar-refractivity contribution < 1.29 is 24.6 Å². The summed E-state index contributed by atoms with van der Waals surface area (Å²) in [5, 5.41) is 23.4. The Morgan fingerprint density at radius 3 is 2.58 bits per heavy atom. The molecule has 13 nitrogen and oxygen atoms in total. The summed E-state index contributed by atoms with van der Waals surface area (Å²) >= 11 is 0. The summed E-state index contributed by atoms with van der Waals surface area (Å²) in [5.74, 6) is -2.56. The molecule has 176 valence electrons. The van der Waals surface area contributed by atoms with E-state index in [0.717, 1.165) is 5.69 Å². The van der Waals surface area contributed by atoms with Crippen molar-refractivity contribution in [2.45, 2.75) is 25.0 Å². The molecular formula is C20H25N7O6. The molecule has 0 aliphatic carbocycles. The number of aromatic nitrogens is 2. The van der Waals surface area contributed by atoms with Gasteiger partial charge in [0.2, 0.25) is 5.95 Å². The molecule has 2 atom stereocenters. The van der Waals surface area contributed by atoms with Crippen LogP contribution in [0, 0.1) is 0 Å². The average molecular weight is 459 g/mol. The number of carbonyl (C=O) groups is 3. The molecule has 0 fully saturated rings. The number of hydrogen-bond donors (Lipinski definition) is 6. The third-order valence-electron chi connectivity index (χ3n) is 5.41. The summed E-state index contributed by atoms with van der Waals surface area (Å²) in [6.45, 7) is 0.464. The Hall–Kier alpha value is -4.29. The first kappa shape index (κ1) is 23.4. The molecule has 1 unspecified atom stereocenters. The molecule has 0 radical (unpaired) electrons. The third-order valence-corrected chi connectivity index (χ3v) is 5.41. The molecule has 1 aromatic heterocycles. The zero-order chi connectivity index (χ0) is 24.3. The van der Waals surface area contributed by atoms with Crippen LogP contribution in [0.3, 0.4) is 0 Å². The number of nitrogens with two attached hydrogens (primary N) is 1. The van der Waals surface area contributed by atoms with E-state index in [2.05, 4.69) is 20.6 Å². The fourth-order valence-electron chi connectivity index (χ4n) is 3.60. The molecule has 3 rings (SSSR count). The predicted molar refractivity (Wildman–Crippen MR) is 121 cm³/mol. The average Bonchev–Trinajstić information content (AvgIpc) is 2.75. The number of benzene rings is 1. The van der Waals surface area contributed by atoms with Gasteiger partial charge in [-0.1, -0.05) is 0 Å². The summed E-state index contributed by atoms with van der Waals surface area (Å²) in [7, 11) is 3.59. The molecule has 0 saturated carbocycles. The van der Waals surface area contributed by atoms with Crippen molar-refractivity contribution in [1.29, 1.82) is 0 Å². The smallest absolute Gasteiger partial charge is 0.326 e. The van der Waals surface area contributed by atoms with Crippen LogP contribution in [0.4, 0.5) is 23.1 Å². The molecule has 1 aliphatic rings. The maximum absolute atomic E-state index is 12.4. The van der Waals surface area contributed by atoms with Gasteiger partial charge in [-0.15, -0.1) is 0 Å². The van der Waals surface area contributed by atoms with Crippen molar-refractivity contribution in [3.8, 4) is 0 Å². The highest BCUT2D eigenvalue weighted by atomic mass is 16.4. The second-order valence-corrected chi connectivity index (χ2v) is 7.58. The topological polar surface area (TPSA) is 194 Å². The molecule has 1 amide bonds. The zero-order valence-corrected chi connectivity index (χ0v) is 18.0. The maximum atomic E-state index is 12.4. The number of carbonyl (C=O) groups excluding carboxylic acids is 1. The van der Waals surface area contributed by atoms with E-state index >= 15 is 0 Å². The van der Waals surface area contributed by atoms with Gasteiger partial charge >= 0.3 is 11.9 Å². The second kappa shape index (κ2) is 9.46. The lowest BCUT2D eigenvalue weighted by atomic mass is 10.1. The van der Waals surface area contributed by atoms with Gasteiger partial charge in [-0.3, -0.25) is 14.4 Å². The first-order valence-electron chi connectivity index (χ1n) is 10.0. The largest absolute Gasteiger partial charge is 0.481 e. The molecular weight excluding hydrogens is 434 g/mol. The van der Waals surface area contributed by atoms with Crippen LogP contribution in [0.15, 0.2) is 29.1 Å². The van der Waals surface area contributed by atoms with E-state index in [-0.39, 0.29) is 30.5 Å². The highest BCUT2D eigenvalue weighted by molar-refractivity contribution is 5.97. The number of nitrogen functional groups attached to an aromatic ring is 1. The number of aromatic amines is 1. The number of H-pyrrole nitrogens is 1. The minimum absolute atomic E-state index is 0.0217. The van der Waals surface area contributed by atoms with Crippen LogP contribution in [-0.4, -0.2) is 70.9 Å². The number of rotatable bonds is 8. The van der Waals surface area contributed by atoms with Gasteiger partial charge in [-0.25, -0.2) is 4.79 Å². The molecule has 1 aliphatic heterocycles. The highest BCUT2D eigenvalue weighted by Gasteiger charge is 2.30. The fourth-order valence-corrected chi connectivity index (χ4v) is 3.60. The van der Waals surface area contributed by atoms with Gasteiger partial charge in [0.1, 0.15) is 23.7 Å². The molecule has 7 N–H and O–H groups in total. The zero-order valence-electron chi connectivity index (χ0n) is 18.0. The summed E-state index contributed by atoms with van der Waals surface area (Å²) in [5.41, 5.74) is 6.46. The molecule has 2 heterocycles. The van der Waals surface area contributed by atoms with Gasteiger partial charge in [0.15, 0.2) is 0 Å². The Morgan fingerprint density at radius 1 is 1.30 bits per heavy atom. The monoisotopic (exact) mass is 459 g/mol. The third kappa shape index (κ3) is 5.14. The van der Waals surface area contributed by atoms with Gasteiger partial charge in [0, 0.05) is 31.8 Å². The first-order valence-corrected chi connectivity index (χ1v) is 10.0. The van der Waals surface area contributed by atoms with Gasteiger partial charge in [0.05, 0.1) is 6.54 Å². The van der Waals surface area contributed by atoms with Crippen LogP contribution < -0.4 is 31.7 Å². The van der Waals surface area contributed by atoms with Crippen LogP contribution in [0.25, 0.3) is 0 Å². The SMILES string of the molecule is CN(c1ccc(C(=O)N[C@@H](CCC(=O)O)C(=O)O)cc1)C1CNc2[nH]c(N)nc(=O)c2N1C. The molecule has 0 saturated heterocycles. The van der Waals surface area contributed by atoms with Gasteiger partial charge in [-0.2, -0.15) is 4.98 Å². The minimum Gasteiger partial charge on any atom is -0.481 e. The molecule has 1 aromatic carbocycles. The molecule has 0 spiro atoms. The van der Waals surface area contributed by atoms with E-state index in [9.17, 15) is 24.3 Å². The number of carboxylic acids is 2. The van der Waals surface area contributed by atoms with E-state index in [1.54, 1.807) is 24.1 Å². The van der Waals surface area contributed by atoms with Crippen molar-refractivity contribution >= 4 is 41.0 Å². The number of anilines is 4. The van der Waals surface area contributed by atoms with Gasteiger partial charge in [0.25, 0.3) is 11.5 Å². The summed E-state index contributed by atoms with van der Waals surface area (Å²) < 4.78 is 0. The minimum atomic E-state index is -1.31. The highest BCUT2D eigenvalue weighted by Crippen LogP contribution is 2.28. The van der Waals surface area contributed by atoms with Gasteiger partial charge in [-0.05, 0) is 30.7 Å². The van der Waals surface area contributed by atoms with E-state index in [1.165, 1.54) is 12.1 Å². The van der Waals surface area contributed by atoms with E-state index in [1.807, 2.05) is 11.9 Å². The predicted octanol–water partition coefficient (Wildman–Crippen LogP) is -0.276. The van der Waals surface area contributed by atoms with Crippen LogP contribution in [0.5, 0.6) is 0 Å². The van der Waals surface area contributed by atoms with Crippen LogP contribution >= 0.6 is 0 Å². The molecule has 0 bridgehead atoms. The second-order valence-electron chi connectivity index (χ2n) is 7.58. The number of nitrogens with one attached hydrogen (secondary N) is 3. The fraction of sp³-hybridized carbons (Fsp3) is 0.350. The van der Waals surface area contributed by atoms with Crippen LogP contribution in [0.1, 0.15) is 23.2 Å². The lowest BCUT2D eigenvalue weighted by Crippen LogP contribution is -2.53. The number of hydrogen-bond acceptors (Lipinski definition) is 9. The Morgan fingerprint density at radius 2 is 1.97 bits per heavy atom. The Labute approximate surface area is 188 Å². The van der Waals surface area contributed by atoms with Crippen molar-refractivity contribution in [3.63, 3.8) is 0 Å². The number of nitrogens with zero attached hydrogens (tertiary/aromatic N) is 3. The van der Waals surface area contributed by atoms with Crippen LogP contribution in [-0.2, 0) is 9.59 Å². The number of fused-ring (bicyclic) bond motifs is 1. The summed E-state index contributed by atoms with van der Waals surface area (Å²) in [4.78, 5) is 57.0. The standard InChI is InChI=1S/C20H25N7O6/c1-26(13-9-22-16-15(27(13)2)18(31)25-20(21)24-16)11-5-3-10(4-6-11)17(30)23-12(19(32)33)7-8-14(28)29/h3-6,12-13H,7-9H2,1-2H3,(H,23,30)(H,28,29)(H,32,33)(H4,21,22,24,25,31)/t12-,13?/m0/s1. The van der Waals surface area contributed by atoms with Crippen molar-refractivity contribution in [2.24, 2.45) is 0 Å². The Balaban J connectivity index is 1.71. The molecule has 2 aromatic rings. The summed E-state index contributed by atoms with van der Waals surface area (Å²) in [6.07, 6.45) is -0.853. The summed E-state index contributed by atoms with van der Waals surface area (Å²) in [6, 6.07) is 5.15. The van der Waals surface area contributed by atoms with E-state index in [0.29, 0.717) is 18.1 Å². The van der Waals surface area contributed by atoms with E-state index < -0.39 is 29.4 Å². The normalized spacial score (nSPS) is 15.7. The lowest BCUT2D eigenvalue weighted by molar-refractivity contribution is -0.140. The molecule has 13 heteroatoms. The lowest BCUT2D eigenvalue weighted by Gasteiger charge is -2.41. The number of amides is 1. The Bertz CT molecular complexity index is 1120. The quantitative estimate of drug-likeness (QED) is 0.304. The van der Waals surface area contributed by atoms with Crippen molar-refractivity contribution in [1.82, 2.24) is 15.3 Å². The van der Waals surface area contributed by atoms with E-state index in [4.69, 9.17) is 10.8 Å². The Kier molecular flexibility index (Phi) is 6.70. The first-order chi connectivity index (χ1) is 15.6. The van der Waals surface area contributed by atoms with Crippen molar-refractivity contribution in [3.05, 3.63) is 40.2 Å². The molecule has 33 heavy (non-hydrogen) atoms. The number of carboxylic acid groups (broad SMARTS) is 2. The maximum Gasteiger partial charge on any atom is 0.326 e. The van der Waals surface area contributed by atoms with Gasteiger partial charge < -0.3 is 41.4 Å². The van der Waals surface area contributed by atoms with Crippen molar-refractivity contribution in [2.75, 3.05) is 41.5 Å². The number of aliphatic carboxylic acids is 2. The number of likely N-dealkylation sites (N-methyl/N-ethyl adjacent to an activating group) is 2.